The third-order valence-electron chi connectivity index (χ3n) is 7.55. The van der Waals surface area contributed by atoms with Gasteiger partial charge in [0.2, 0.25) is 0 Å². The second-order valence-electron chi connectivity index (χ2n) is 9.65. The minimum atomic E-state index is -0.845. The molecular weight excluding hydrogens is 478 g/mol. The van der Waals surface area contributed by atoms with Crippen molar-refractivity contribution in [1.82, 2.24) is 0 Å². The molecule has 4 aromatic rings. The Hall–Kier alpha value is -2.34. The minimum absolute atomic E-state index is 0.143. The molecule has 0 saturated heterocycles. The van der Waals surface area contributed by atoms with Crippen LogP contribution in [0, 0.1) is 5.92 Å². The molecule has 1 saturated carbocycles. The van der Waals surface area contributed by atoms with E-state index in [4.69, 9.17) is 0 Å². The highest BCUT2D eigenvalue weighted by Crippen LogP contribution is 2.64. The van der Waals surface area contributed by atoms with Crippen LogP contribution in [0.2, 0.25) is 0 Å². The predicted octanol–water partition coefficient (Wildman–Crippen LogP) is 5.14. The summed E-state index contributed by atoms with van der Waals surface area (Å²) in [5.74, 6) is 0.260. The van der Waals surface area contributed by atoms with Gasteiger partial charge in [-0.3, -0.25) is 0 Å². The lowest BCUT2D eigenvalue weighted by Gasteiger charge is -2.53. The highest BCUT2D eigenvalue weighted by Gasteiger charge is 2.52. The molecule has 1 aliphatic rings. The summed E-state index contributed by atoms with van der Waals surface area (Å²) in [5.41, 5.74) is 0.236. The number of aliphatic hydroxyl groups excluding tert-OH is 2. The summed E-state index contributed by atoms with van der Waals surface area (Å²) in [6, 6.07) is 43.4. The summed E-state index contributed by atoms with van der Waals surface area (Å²) < 4.78 is 0. The molecule has 0 heterocycles. The minimum Gasteiger partial charge on any atom is -0.396 e. The summed E-state index contributed by atoms with van der Waals surface area (Å²) in [6.45, 7) is 0.350. The lowest BCUT2D eigenvalue weighted by molar-refractivity contribution is 0.149. The van der Waals surface area contributed by atoms with Crippen LogP contribution in [0.1, 0.15) is 19.3 Å². The van der Waals surface area contributed by atoms with Gasteiger partial charge in [0.1, 0.15) is 0 Å². The zero-order valence-corrected chi connectivity index (χ0v) is 22.3. The molecule has 3 atom stereocenters. The van der Waals surface area contributed by atoms with Crippen LogP contribution in [-0.4, -0.2) is 34.2 Å². The van der Waals surface area contributed by atoms with E-state index in [2.05, 4.69) is 121 Å². The molecule has 36 heavy (non-hydrogen) atoms. The van der Waals surface area contributed by atoms with E-state index in [1.54, 1.807) is 0 Å². The van der Waals surface area contributed by atoms with Gasteiger partial charge in [-0.15, -0.1) is 0 Å². The van der Waals surface area contributed by atoms with Crippen molar-refractivity contribution in [3.63, 3.8) is 0 Å². The molecule has 0 aliphatic heterocycles. The zero-order chi connectivity index (χ0) is 24.8. The molecule has 184 valence electrons. The van der Waals surface area contributed by atoms with E-state index < -0.39 is 15.8 Å². The van der Waals surface area contributed by atoms with E-state index >= 15 is 0 Å². The molecule has 0 amide bonds. The maximum Gasteiger partial charge on any atom is 0.0539 e. The molecule has 4 heteroatoms. The van der Waals surface area contributed by atoms with Crippen molar-refractivity contribution in [2.24, 2.45) is 5.92 Å². The van der Waals surface area contributed by atoms with E-state index in [9.17, 15) is 10.2 Å². The van der Waals surface area contributed by atoms with E-state index in [0.29, 0.717) is 0 Å². The fraction of sp³-hybridized carbons (Fsp3) is 0.250. The SMILES string of the molecule is OCC1CCC(CO)(P(c2ccccc2)c2ccccc2)C(P(c2ccccc2)c2ccccc2)C1. The normalized spacial score (nSPS) is 22.1. The quantitative estimate of drug-likeness (QED) is 0.321. The largest absolute Gasteiger partial charge is 0.396 e. The Balaban J connectivity index is 1.74. The first kappa shape index (κ1) is 25.3. The molecule has 5 rings (SSSR count). The molecule has 0 radical (unpaired) electrons. The van der Waals surface area contributed by atoms with Gasteiger partial charge in [0.05, 0.1) is 6.61 Å². The van der Waals surface area contributed by atoms with E-state index in [1.165, 1.54) is 21.2 Å². The number of rotatable bonds is 8. The fourth-order valence-corrected chi connectivity index (χ4v) is 12.9. The van der Waals surface area contributed by atoms with E-state index in [0.717, 1.165) is 19.3 Å². The molecule has 2 N–H and O–H groups in total. The smallest absolute Gasteiger partial charge is 0.0539 e. The second kappa shape index (κ2) is 11.8. The maximum absolute atomic E-state index is 11.5. The zero-order valence-electron chi connectivity index (χ0n) is 20.5. The van der Waals surface area contributed by atoms with Crippen molar-refractivity contribution in [3.8, 4) is 0 Å². The Morgan fingerprint density at radius 1 is 0.611 bits per heavy atom. The standard InChI is InChI=1S/C32H34O2P2/c33-24-26-21-22-32(25-34,36(29-17-9-3-10-18-29)30-19-11-4-12-20-30)31(23-26)35(27-13-5-1-6-14-27)28-15-7-2-8-16-28/h1-20,26,31,33-34H,21-25H2. The molecule has 2 nitrogen and oxygen atoms in total. The van der Waals surface area contributed by atoms with Crippen LogP contribution in [0.5, 0.6) is 0 Å². The van der Waals surface area contributed by atoms with E-state index in [-0.39, 0.29) is 29.9 Å². The monoisotopic (exact) mass is 512 g/mol. The molecule has 0 spiro atoms. The molecule has 1 aliphatic carbocycles. The molecule has 0 bridgehead atoms. The summed E-state index contributed by atoms with van der Waals surface area (Å²) in [6.07, 6.45) is 2.78. The van der Waals surface area contributed by atoms with Crippen LogP contribution in [0.4, 0.5) is 0 Å². The Morgan fingerprint density at radius 2 is 1.03 bits per heavy atom. The maximum atomic E-state index is 11.5. The van der Waals surface area contributed by atoms with Crippen molar-refractivity contribution >= 4 is 37.1 Å². The molecule has 0 aromatic heterocycles. The molecular formula is C32H34O2P2. The topological polar surface area (TPSA) is 40.5 Å². The van der Waals surface area contributed by atoms with Gasteiger partial charge in [-0.25, -0.2) is 0 Å². The van der Waals surface area contributed by atoms with Gasteiger partial charge in [0, 0.05) is 11.8 Å². The van der Waals surface area contributed by atoms with Crippen LogP contribution in [-0.2, 0) is 0 Å². The Morgan fingerprint density at radius 3 is 1.42 bits per heavy atom. The average Bonchev–Trinajstić information content (AvgIpc) is 2.96. The summed E-state index contributed by atoms with van der Waals surface area (Å²) in [4.78, 5) is 0. The first-order valence-corrected chi connectivity index (χ1v) is 15.5. The van der Waals surface area contributed by atoms with Gasteiger partial charge in [0.25, 0.3) is 0 Å². The lowest BCUT2D eigenvalue weighted by atomic mass is 9.81. The van der Waals surface area contributed by atoms with Crippen molar-refractivity contribution in [2.45, 2.75) is 30.1 Å². The third-order valence-corrected chi connectivity index (χ3v) is 14.0. The number of hydrogen-bond acceptors (Lipinski definition) is 2. The van der Waals surface area contributed by atoms with Crippen molar-refractivity contribution in [3.05, 3.63) is 121 Å². The van der Waals surface area contributed by atoms with Crippen molar-refractivity contribution in [2.75, 3.05) is 13.2 Å². The lowest BCUT2D eigenvalue weighted by Crippen LogP contribution is -2.53. The van der Waals surface area contributed by atoms with Gasteiger partial charge < -0.3 is 10.2 Å². The van der Waals surface area contributed by atoms with Crippen molar-refractivity contribution in [1.29, 1.82) is 0 Å². The Labute approximate surface area is 217 Å². The Kier molecular flexibility index (Phi) is 8.30. The highest BCUT2D eigenvalue weighted by atomic mass is 31.1. The number of benzene rings is 4. The van der Waals surface area contributed by atoms with Crippen LogP contribution < -0.4 is 21.2 Å². The summed E-state index contributed by atoms with van der Waals surface area (Å²) >= 11 is 0. The molecule has 3 unspecified atom stereocenters. The first-order chi connectivity index (χ1) is 17.8. The Bertz CT molecular complexity index is 1130. The third kappa shape index (κ3) is 5.06. The number of hydrogen-bond donors (Lipinski definition) is 2. The van der Waals surface area contributed by atoms with Crippen molar-refractivity contribution < 1.29 is 10.2 Å². The summed E-state index contributed by atoms with van der Waals surface area (Å²) in [7, 11) is -1.61. The second-order valence-corrected chi connectivity index (χ2v) is 14.6. The van der Waals surface area contributed by atoms with Crippen LogP contribution in [0.25, 0.3) is 0 Å². The van der Waals surface area contributed by atoms with Crippen LogP contribution in [0.3, 0.4) is 0 Å². The van der Waals surface area contributed by atoms with Gasteiger partial charge in [-0.05, 0) is 67.9 Å². The van der Waals surface area contributed by atoms with E-state index in [1.807, 2.05) is 0 Å². The van der Waals surface area contributed by atoms with Crippen LogP contribution in [0.15, 0.2) is 121 Å². The molecule has 4 aromatic carbocycles. The van der Waals surface area contributed by atoms with Gasteiger partial charge in [-0.1, -0.05) is 121 Å². The van der Waals surface area contributed by atoms with Crippen LogP contribution >= 0.6 is 15.8 Å². The predicted molar refractivity (Wildman–Crippen MR) is 156 cm³/mol. The first-order valence-electron chi connectivity index (χ1n) is 12.8. The van der Waals surface area contributed by atoms with Gasteiger partial charge in [-0.2, -0.15) is 0 Å². The average molecular weight is 513 g/mol. The summed E-state index contributed by atoms with van der Waals surface area (Å²) in [5, 5.41) is 26.8. The van der Waals surface area contributed by atoms with Gasteiger partial charge in [0.15, 0.2) is 0 Å². The fourth-order valence-electron chi connectivity index (χ4n) is 5.80. The van der Waals surface area contributed by atoms with Gasteiger partial charge >= 0.3 is 0 Å². The highest BCUT2D eigenvalue weighted by molar-refractivity contribution is 7.78. The molecule has 1 fully saturated rings. The number of aliphatic hydroxyl groups is 2.